The molecule has 1 N–H and O–H groups in total. The number of aromatic carboxylic acids is 1. The molecule has 2 aromatic rings. The molecule has 0 radical (unpaired) electrons. The van der Waals surface area contributed by atoms with Gasteiger partial charge in [0.25, 0.3) is 11.8 Å². The fourth-order valence-electron chi connectivity index (χ4n) is 2.30. The molecule has 0 aliphatic carbocycles. The summed E-state index contributed by atoms with van der Waals surface area (Å²) >= 11 is 1.57. The van der Waals surface area contributed by atoms with E-state index in [1.807, 2.05) is 17.5 Å². The van der Waals surface area contributed by atoms with Crippen molar-refractivity contribution in [1.82, 2.24) is 4.90 Å². The van der Waals surface area contributed by atoms with Crippen LogP contribution in [0.2, 0.25) is 0 Å². The Hall–Kier alpha value is -2.47. The number of benzene rings is 1. The van der Waals surface area contributed by atoms with Crippen LogP contribution in [-0.2, 0) is 6.42 Å². The Bertz CT molecular complexity index is 736. The van der Waals surface area contributed by atoms with E-state index in [0.29, 0.717) is 13.0 Å². The van der Waals surface area contributed by atoms with Gasteiger partial charge in [-0.1, -0.05) is 6.07 Å². The van der Waals surface area contributed by atoms with E-state index in [0.717, 1.165) is 4.88 Å². The molecular weight excluding hydrogens is 290 g/mol. The maximum atomic E-state index is 12.3. The molecule has 0 unspecified atom stereocenters. The second-order valence-electron chi connectivity index (χ2n) is 4.66. The largest absolute Gasteiger partial charge is 0.478 e. The molecule has 2 heterocycles. The van der Waals surface area contributed by atoms with Crippen molar-refractivity contribution < 1.29 is 19.5 Å². The van der Waals surface area contributed by atoms with Gasteiger partial charge in [-0.25, -0.2) is 4.79 Å². The number of carboxylic acids is 1. The third-order valence-electron chi connectivity index (χ3n) is 3.38. The molecule has 0 atom stereocenters. The molecule has 5 nitrogen and oxygen atoms in total. The molecule has 2 amide bonds. The molecule has 1 aliphatic heterocycles. The molecule has 21 heavy (non-hydrogen) atoms. The van der Waals surface area contributed by atoms with Crippen molar-refractivity contribution in [2.24, 2.45) is 0 Å². The van der Waals surface area contributed by atoms with Gasteiger partial charge in [0, 0.05) is 11.4 Å². The van der Waals surface area contributed by atoms with Crippen LogP contribution in [0, 0.1) is 0 Å². The van der Waals surface area contributed by atoms with Gasteiger partial charge in [-0.05, 0) is 36.1 Å². The van der Waals surface area contributed by atoms with E-state index in [9.17, 15) is 14.4 Å². The van der Waals surface area contributed by atoms with Crippen LogP contribution in [0.5, 0.6) is 0 Å². The molecular formula is C15H11NO4S. The zero-order chi connectivity index (χ0) is 15.0. The minimum atomic E-state index is -1.12. The van der Waals surface area contributed by atoms with E-state index >= 15 is 0 Å². The van der Waals surface area contributed by atoms with Gasteiger partial charge in [-0.3, -0.25) is 14.5 Å². The summed E-state index contributed by atoms with van der Waals surface area (Å²) in [6.07, 6.45) is 0.606. The van der Waals surface area contributed by atoms with Gasteiger partial charge >= 0.3 is 5.97 Å². The summed E-state index contributed by atoms with van der Waals surface area (Å²) in [6.45, 7) is 0.301. The first-order chi connectivity index (χ1) is 10.1. The second kappa shape index (κ2) is 5.14. The van der Waals surface area contributed by atoms with Crippen molar-refractivity contribution >= 4 is 29.1 Å². The van der Waals surface area contributed by atoms with E-state index in [1.165, 1.54) is 23.1 Å². The van der Waals surface area contributed by atoms with Crippen molar-refractivity contribution in [3.8, 4) is 0 Å². The van der Waals surface area contributed by atoms with E-state index in [4.69, 9.17) is 5.11 Å². The topological polar surface area (TPSA) is 74.7 Å². The van der Waals surface area contributed by atoms with Crippen LogP contribution >= 0.6 is 11.3 Å². The standard InChI is InChI=1S/C15H11NO4S/c17-13-11-4-3-9(15(19)20)8-12(11)14(18)16(13)6-5-10-2-1-7-21-10/h1-4,7-8H,5-6H2,(H,19,20). The number of nitrogens with zero attached hydrogens (tertiary/aromatic N) is 1. The molecule has 1 aromatic carbocycles. The average Bonchev–Trinajstić information content (AvgIpc) is 3.06. The summed E-state index contributed by atoms with van der Waals surface area (Å²) in [5.74, 6) is -1.90. The summed E-state index contributed by atoms with van der Waals surface area (Å²) < 4.78 is 0. The Morgan fingerprint density at radius 2 is 1.90 bits per heavy atom. The number of thiophene rings is 1. The fraction of sp³-hybridized carbons (Fsp3) is 0.133. The monoisotopic (exact) mass is 301 g/mol. The predicted octanol–water partition coefficient (Wildman–Crippen LogP) is 2.29. The minimum Gasteiger partial charge on any atom is -0.478 e. The summed E-state index contributed by atoms with van der Waals surface area (Å²) in [7, 11) is 0. The second-order valence-corrected chi connectivity index (χ2v) is 5.69. The van der Waals surface area contributed by atoms with Gasteiger partial charge in [-0.2, -0.15) is 0 Å². The zero-order valence-electron chi connectivity index (χ0n) is 10.9. The Morgan fingerprint density at radius 3 is 2.57 bits per heavy atom. The average molecular weight is 301 g/mol. The highest BCUT2D eigenvalue weighted by molar-refractivity contribution is 7.09. The quantitative estimate of drug-likeness (QED) is 0.879. The van der Waals surface area contributed by atoms with Crippen molar-refractivity contribution in [2.75, 3.05) is 6.54 Å². The van der Waals surface area contributed by atoms with Crippen LogP contribution in [0.15, 0.2) is 35.7 Å². The summed E-state index contributed by atoms with van der Waals surface area (Å²) in [4.78, 5) is 37.7. The molecule has 106 valence electrons. The number of hydrogen-bond acceptors (Lipinski definition) is 4. The Kier molecular flexibility index (Phi) is 3.31. The van der Waals surface area contributed by atoms with Gasteiger partial charge in [0.05, 0.1) is 16.7 Å². The smallest absolute Gasteiger partial charge is 0.335 e. The maximum absolute atomic E-state index is 12.3. The van der Waals surface area contributed by atoms with Crippen LogP contribution in [0.25, 0.3) is 0 Å². The number of rotatable bonds is 4. The van der Waals surface area contributed by atoms with Crippen molar-refractivity contribution in [2.45, 2.75) is 6.42 Å². The number of carbonyl (C=O) groups excluding carboxylic acids is 2. The lowest BCUT2D eigenvalue weighted by atomic mass is 10.1. The highest BCUT2D eigenvalue weighted by Gasteiger charge is 2.35. The zero-order valence-corrected chi connectivity index (χ0v) is 11.7. The number of amides is 2. The van der Waals surface area contributed by atoms with Gasteiger partial charge in [0.1, 0.15) is 0 Å². The van der Waals surface area contributed by atoms with Crippen LogP contribution in [0.1, 0.15) is 36.0 Å². The van der Waals surface area contributed by atoms with Crippen LogP contribution in [0.3, 0.4) is 0 Å². The van der Waals surface area contributed by atoms with Crippen molar-refractivity contribution in [3.63, 3.8) is 0 Å². The third kappa shape index (κ3) is 2.34. The van der Waals surface area contributed by atoms with Crippen molar-refractivity contribution in [1.29, 1.82) is 0 Å². The van der Waals surface area contributed by atoms with Crippen LogP contribution in [0.4, 0.5) is 0 Å². The van der Waals surface area contributed by atoms with Gasteiger partial charge in [0.15, 0.2) is 0 Å². The molecule has 0 bridgehead atoms. The lowest BCUT2D eigenvalue weighted by molar-refractivity contribution is 0.0654. The number of hydrogen-bond donors (Lipinski definition) is 1. The molecule has 0 fully saturated rings. The molecule has 6 heteroatoms. The first-order valence-corrected chi connectivity index (χ1v) is 7.22. The first kappa shape index (κ1) is 13.5. The number of imide groups is 1. The molecule has 0 spiro atoms. The first-order valence-electron chi connectivity index (χ1n) is 6.34. The number of carbonyl (C=O) groups is 3. The molecule has 1 aliphatic rings. The van der Waals surface area contributed by atoms with Crippen molar-refractivity contribution in [3.05, 3.63) is 57.3 Å². The Balaban J connectivity index is 1.84. The highest BCUT2D eigenvalue weighted by atomic mass is 32.1. The minimum absolute atomic E-state index is 0.00927. The molecule has 0 saturated heterocycles. The fourth-order valence-corrected chi connectivity index (χ4v) is 3.00. The van der Waals surface area contributed by atoms with E-state index in [1.54, 1.807) is 11.3 Å². The lowest BCUT2D eigenvalue weighted by Crippen LogP contribution is -2.31. The Labute approximate surface area is 124 Å². The lowest BCUT2D eigenvalue weighted by Gasteiger charge is -2.12. The number of fused-ring (bicyclic) bond motifs is 1. The van der Waals surface area contributed by atoms with Crippen LogP contribution in [-0.4, -0.2) is 34.3 Å². The highest BCUT2D eigenvalue weighted by Crippen LogP contribution is 2.24. The molecule has 0 saturated carbocycles. The Morgan fingerprint density at radius 1 is 1.14 bits per heavy atom. The maximum Gasteiger partial charge on any atom is 0.335 e. The van der Waals surface area contributed by atoms with Gasteiger partial charge in [0.2, 0.25) is 0 Å². The molecule has 3 rings (SSSR count). The van der Waals surface area contributed by atoms with Crippen LogP contribution < -0.4 is 0 Å². The molecule has 1 aromatic heterocycles. The van der Waals surface area contributed by atoms with E-state index in [2.05, 4.69) is 0 Å². The van der Waals surface area contributed by atoms with Gasteiger partial charge in [-0.15, -0.1) is 11.3 Å². The normalized spacial score (nSPS) is 13.6. The van der Waals surface area contributed by atoms with E-state index < -0.39 is 11.9 Å². The summed E-state index contributed by atoms with van der Waals surface area (Å²) in [5.41, 5.74) is 0.456. The predicted molar refractivity (Wildman–Crippen MR) is 76.8 cm³/mol. The summed E-state index contributed by atoms with van der Waals surface area (Å²) in [5, 5.41) is 10.9. The third-order valence-corrected chi connectivity index (χ3v) is 4.32. The SMILES string of the molecule is O=C(O)c1ccc2c(c1)C(=O)N(CCc1cccs1)C2=O. The summed E-state index contributed by atoms with van der Waals surface area (Å²) in [6, 6.07) is 7.88. The van der Waals surface area contributed by atoms with E-state index in [-0.39, 0.29) is 22.6 Å². The van der Waals surface area contributed by atoms with Gasteiger partial charge < -0.3 is 5.11 Å². The number of carboxylic acid groups (broad SMARTS) is 1.